The van der Waals surface area contributed by atoms with E-state index in [0.717, 1.165) is 17.7 Å². The number of methoxy groups -OCH3 is 1. The summed E-state index contributed by atoms with van der Waals surface area (Å²) in [6.07, 6.45) is 0. The Morgan fingerprint density at radius 3 is 2.83 bits per heavy atom. The number of nitrogens with zero attached hydrogens (tertiary/aromatic N) is 1. The van der Waals surface area contributed by atoms with Crippen molar-refractivity contribution < 1.29 is 9.66 Å². The van der Waals surface area contributed by atoms with Crippen LogP contribution in [0.15, 0.2) is 18.2 Å². The molecule has 0 saturated carbocycles. The van der Waals surface area contributed by atoms with Gasteiger partial charge in [-0.2, -0.15) is 0 Å². The van der Waals surface area contributed by atoms with Crippen LogP contribution >= 0.6 is 0 Å². The SMILES string of the molecule is COCC(C)CNCc1cccc([N+](=O)[O-])c1C. The lowest BCUT2D eigenvalue weighted by Crippen LogP contribution is -2.23. The lowest BCUT2D eigenvalue weighted by atomic mass is 10.1. The topological polar surface area (TPSA) is 64.4 Å². The zero-order chi connectivity index (χ0) is 13.5. The molecule has 5 nitrogen and oxygen atoms in total. The Morgan fingerprint density at radius 1 is 1.50 bits per heavy atom. The largest absolute Gasteiger partial charge is 0.384 e. The molecule has 5 heteroatoms. The summed E-state index contributed by atoms with van der Waals surface area (Å²) in [6.45, 7) is 6.06. The highest BCUT2D eigenvalue weighted by Gasteiger charge is 2.12. The summed E-state index contributed by atoms with van der Waals surface area (Å²) < 4.78 is 5.05. The van der Waals surface area contributed by atoms with Crippen molar-refractivity contribution in [1.82, 2.24) is 5.32 Å². The van der Waals surface area contributed by atoms with Gasteiger partial charge in [-0.05, 0) is 18.4 Å². The molecule has 0 aliphatic carbocycles. The second kappa shape index (κ2) is 7.08. The normalized spacial score (nSPS) is 12.4. The summed E-state index contributed by atoms with van der Waals surface area (Å²) in [5.41, 5.74) is 1.88. The summed E-state index contributed by atoms with van der Waals surface area (Å²) in [4.78, 5) is 10.5. The maximum absolute atomic E-state index is 10.8. The molecule has 0 heterocycles. The predicted octanol–water partition coefficient (Wildman–Crippen LogP) is 2.28. The van der Waals surface area contributed by atoms with Gasteiger partial charge in [-0.25, -0.2) is 0 Å². The van der Waals surface area contributed by atoms with Crippen LogP contribution in [-0.4, -0.2) is 25.2 Å². The lowest BCUT2D eigenvalue weighted by molar-refractivity contribution is -0.385. The summed E-state index contributed by atoms with van der Waals surface area (Å²) >= 11 is 0. The maximum atomic E-state index is 10.8. The van der Waals surface area contributed by atoms with Crippen molar-refractivity contribution >= 4 is 5.69 Å². The van der Waals surface area contributed by atoms with Crippen molar-refractivity contribution in [2.45, 2.75) is 20.4 Å². The molecule has 1 unspecified atom stereocenters. The van der Waals surface area contributed by atoms with E-state index in [1.807, 2.05) is 6.07 Å². The Kier molecular flexibility index (Phi) is 5.74. The van der Waals surface area contributed by atoms with Crippen LogP contribution in [0, 0.1) is 23.0 Å². The standard InChI is InChI=1S/C13H20N2O3/c1-10(9-18-3)7-14-8-12-5-4-6-13(11(12)2)15(16)17/h4-6,10,14H,7-9H2,1-3H3. The summed E-state index contributed by atoms with van der Waals surface area (Å²) in [5, 5.41) is 14.1. The van der Waals surface area contributed by atoms with Crippen molar-refractivity contribution in [3.8, 4) is 0 Å². The van der Waals surface area contributed by atoms with Crippen LogP contribution in [0.25, 0.3) is 0 Å². The third-order valence-electron chi connectivity index (χ3n) is 2.87. The van der Waals surface area contributed by atoms with E-state index in [9.17, 15) is 10.1 Å². The predicted molar refractivity (Wildman–Crippen MR) is 70.6 cm³/mol. The highest BCUT2D eigenvalue weighted by atomic mass is 16.6. The number of nitro groups is 1. The molecule has 18 heavy (non-hydrogen) atoms. The number of hydrogen-bond acceptors (Lipinski definition) is 4. The van der Waals surface area contributed by atoms with E-state index >= 15 is 0 Å². The molecule has 1 rings (SSSR count). The molecule has 100 valence electrons. The molecule has 1 N–H and O–H groups in total. The molecule has 1 aromatic carbocycles. The van der Waals surface area contributed by atoms with Gasteiger partial charge < -0.3 is 10.1 Å². The van der Waals surface area contributed by atoms with Crippen LogP contribution in [0.2, 0.25) is 0 Å². The van der Waals surface area contributed by atoms with E-state index < -0.39 is 0 Å². The van der Waals surface area contributed by atoms with Gasteiger partial charge in [0, 0.05) is 38.4 Å². The van der Waals surface area contributed by atoms with Crippen molar-refractivity contribution in [2.24, 2.45) is 5.92 Å². The molecule has 0 bridgehead atoms. The van der Waals surface area contributed by atoms with Gasteiger partial charge in [0.25, 0.3) is 5.69 Å². The Labute approximate surface area is 107 Å². The zero-order valence-corrected chi connectivity index (χ0v) is 11.1. The Bertz CT molecular complexity index is 407. The van der Waals surface area contributed by atoms with Crippen LogP contribution in [0.4, 0.5) is 5.69 Å². The molecular weight excluding hydrogens is 232 g/mol. The van der Waals surface area contributed by atoms with Crippen molar-refractivity contribution in [1.29, 1.82) is 0 Å². The number of nitro benzene ring substituents is 1. The quantitative estimate of drug-likeness (QED) is 0.597. The molecule has 0 radical (unpaired) electrons. The minimum absolute atomic E-state index is 0.180. The molecular formula is C13H20N2O3. The van der Waals surface area contributed by atoms with Crippen LogP contribution in [0.1, 0.15) is 18.1 Å². The summed E-state index contributed by atoms with van der Waals surface area (Å²) in [5.74, 6) is 0.425. The third-order valence-corrected chi connectivity index (χ3v) is 2.87. The van der Waals surface area contributed by atoms with E-state index in [-0.39, 0.29) is 10.6 Å². The molecule has 0 spiro atoms. The monoisotopic (exact) mass is 252 g/mol. The van der Waals surface area contributed by atoms with Crippen LogP contribution in [-0.2, 0) is 11.3 Å². The molecule has 0 aliphatic heterocycles. The van der Waals surface area contributed by atoms with Crippen molar-refractivity contribution in [2.75, 3.05) is 20.3 Å². The molecule has 0 fully saturated rings. The van der Waals surface area contributed by atoms with Gasteiger partial charge in [-0.1, -0.05) is 19.1 Å². The average molecular weight is 252 g/mol. The Balaban J connectivity index is 2.57. The Morgan fingerprint density at radius 2 is 2.22 bits per heavy atom. The summed E-state index contributed by atoms with van der Waals surface area (Å²) in [6, 6.07) is 5.17. The number of benzene rings is 1. The fourth-order valence-electron chi connectivity index (χ4n) is 1.86. The smallest absolute Gasteiger partial charge is 0.272 e. The number of ether oxygens (including phenoxy) is 1. The lowest BCUT2D eigenvalue weighted by Gasteiger charge is -2.12. The number of rotatable bonds is 7. The van der Waals surface area contributed by atoms with E-state index in [1.54, 1.807) is 20.1 Å². The highest BCUT2D eigenvalue weighted by molar-refractivity contribution is 5.44. The van der Waals surface area contributed by atoms with Gasteiger partial charge in [0.05, 0.1) is 4.92 Å². The molecule has 1 aromatic rings. The van der Waals surface area contributed by atoms with Crippen LogP contribution < -0.4 is 5.32 Å². The molecule has 1 atom stereocenters. The van der Waals surface area contributed by atoms with E-state index in [1.165, 1.54) is 6.07 Å². The van der Waals surface area contributed by atoms with Crippen LogP contribution in [0.5, 0.6) is 0 Å². The van der Waals surface area contributed by atoms with Gasteiger partial charge in [-0.15, -0.1) is 0 Å². The molecule has 0 saturated heterocycles. The zero-order valence-electron chi connectivity index (χ0n) is 11.1. The van der Waals surface area contributed by atoms with E-state index in [2.05, 4.69) is 12.2 Å². The first-order valence-electron chi connectivity index (χ1n) is 5.98. The second-order valence-electron chi connectivity index (χ2n) is 4.51. The number of nitrogens with one attached hydrogen (secondary N) is 1. The van der Waals surface area contributed by atoms with Gasteiger partial charge in [0.1, 0.15) is 0 Å². The van der Waals surface area contributed by atoms with Crippen LogP contribution in [0.3, 0.4) is 0 Å². The minimum atomic E-state index is -0.341. The fourth-order valence-corrected chi connectivity index (χ4v) is 1.86. The van der Waals surface area contributed by atoms with E-state index in [4.69, 9.17) is 4.74 Å². The minimum Gasteiger partial charge on any atom is -0.384 e. The third kappa shape index (κ3) is 4.09. The summed E-state index contributed by atoms with van der Waals surface area (Å²) in [7, 11) is 1.68. The number of hydrogen-bond donors (Lipinski definition) is 1. The first kappa shape index (κ1) is 14.6. The van der Waals surface area contributed by atoms with Gasteiger partial charge >= 0.3 is 0 Å². The highest BCUT2D eigenvalue weighted by Crippen LogP contribution is 2.20. The average Bonchev–Trinajstić information content (AvgIpc) is 2.31. The Hall–Kier alpha value is -1.46. The maximum Gasteiger partial charge on any atom is 0.272 e. The van der Waals surface area contributed by atoms with E-state index in [0.29, 0.717) is 19.1 Å². The van der Waals surface area contributed by atoms with Crippen molar-refractivity contribution in [3.63, 3.8) is 0 Å². The molecule has 0 amide bonds. The van der Waals surface area contributed by atoms with Gasteiger partial charge in [0.15, 0.2) is 0 Å². The van der Waals surface area contributed by atoms with Gasteiger partial charge in [0.2, 0.25) is 0 Å². The first-order chi connectivity index (χ1) is 8.56. The van der Waals surface area contributed by atoms with Gasteiger partial charge in [-0.3, -0.25) is 10.1 Å². The second-order valence-corrected chi connectivity index (χ2v) is 4.51. The molecule has 0 aromatic heterocycles. The molecule has 0 aliphatic rings. The van der Waals surface area contributed by atoms with Crippen molar-refractivity contribution in [3.05, 3.63) is 39.4 Å². The fraction of sp³-hybridized carbons (Fsp3) is 0.538. The first-order valence-corrected chi connectivity index (χ1v) is 5.98.